The molecule has 9 heteroatoms. The minimum Gasteiger partial charge on any atom is -0.341 e. The highest BCUT2D eigenvalue weighted by Gasteiger charge is 2.26. The van der Waals surface area contributed by atoms with Gasteiger partial charge in [-0.15, -0.1) is 5.92 Å². The number of piperidine rings is 1. The second-order valence-corrected chi connectivity index (χ2v) is 7.93. The normalized spacial score (nSPS) is 15.9. The number of nitrogens with two attached hydrogens (primary N) is 1. The van der Waals surface area contributed by atoms with Crippen molar-refractivity contribution in [3.8, 4) is 17.9 Å². The maximum atomic E-state index is 13.6. The molecule has 1 fully saturated rings. The Morgan fingerprint density at radius 3 is 2.75 bits per heavy atom. The first-order valence-corrected chi connectivity index (χ1v) is 10.5. The van der Waals surface area contributed by atoms with Crippen molar-refractivity contribution in [1.29, 1.82) is 5.26 Å². The summed E-state index contributed by atoms with van der Waals surface area (Å²) in [7, 11) is 1.54. The van der Waals surface area contributed by atoms with E-state index in [0.29, 0.717) is 23.6 Å². The lowest BCUT2D eigenvalue weighted by Crippen LogP contribution is -2.44. The van der Waals surface area contributed by atoms with E-state index in [-0.39, 0.29) is 41.3 Å². The number of aromatic nitrogens is 4. The van der Waals surface area contributed by atoms with E-state index < -0.39 is 0 Å². The molecule has 1 aliphatic heterocycles. The molecule has 0 radical (unpaired) electrons. The molecular weight excluding hydrogens is 406 g/mol. The summed E-state index contributed by atoms with van der Waals surface area (Å²) in [6.07, 6.45) is 1.84. The van der Waals surface area contributed by atoms with E-state index >= 15 is 0 Å². The molecule has 0 spiro atoms. The van der Waals surface area contributed by atoms with Gasteiger partial charge in [-0.05, 0) is 31.4 Å². The van der Waals surface area contributed by atoms with E-state index in [1.54, 1.807) is 42.8 Å². The SMILES string of the molecule is CC#CCn1c(N2CCC[C@@H](N)C2)nc2c(=O)n(C)n(Cc3ccccc3C#N)c(=O)c21. The molecule has 164 valence electrons. The third-order valence-corrected chi connectivity index (χ3v) is 5.86. The maximum absolute atomic E-state index is 13.6. The largest absolute Gasteiger partial charge is 0.341 e. The van der Waals surface area contributed by atoms with Crippen molar-refractivity contribution in [3.63, 3.8) is 0 Å². The fourth-order valence-corrected chi connectivity index (χ4v) is 4.18. The average molecular weight is 432 g/mol. The van der Waals surface area contributed by atoms with Gasteiger partial charge in [0.25, 0.3) is 11.1 Å². The van der Waals surface area contributed by atoms with Crippen molar-refractivity contribution in [2.75, 3.05) is 18.0 Å². The third-order valence-electron chi connectivity index (χ3n) is 5.86. The summed E-state index contributed by atoms with van der Waals surface area (Å²) in [6, 6.07) is 9.19. The van der Waals surface area contributed by atoms with Crippen molar-refractivity contribution >= 4 is 17.0 Å². The number of benzene rings is 1. The monoisotopic (exact) mass is 431 g/mol. The highest BCUT2D eigenvalue weighted by molar-refractivity contribution is 5.77. The van der Waals surface area contributed by atoms with Crippen LogP contribution in [0.15, 0.2) is 33.9 Å². The Bertz CT molecular complexity index is 1390. The highest BCUT2D eigenvalue weighted by atomic mass is 16.2. The molecule has 1 aliphatic rings. The van der Waals surface area contributed by atoms with Crippen LogP contribution >= 0.6 is 0 Å². The van der Waals surface area contributed by atoms with Gasteiger partial charge in [-0.25, -0.2) is 14.3 Å². The summed E-state index contributed by atoms with van der Waals surface area (Å²) < 4.78 is 4.35. The number of hydrogen-bond acceptors (Lipinski definition) is 6. The minimum atomic E-state index is -0.375. The number of fused-ring (bicyclic) bond motifs is 1. The summed E-state index contributed by atoms with van der Waals surface area (Å²) in [4.78, 5) is 33.5. The van der Waals surface area contributed by atoms with Gasteiger partial charge in [-0.1, -0.05) is 24.1 Å². The number of nitriles is 1. The van der Waals surface area contributed by atoms with Gasteiger partial charge in [-0.3, -0.25) is 14.2 Å². The van der Waals surface area contributed by atoms with Gasteiger partial charge in [0.1, 0.15) is 5.52 Å². The fourth-order valence-electron chi connectivity index (χ4n) is 4.18. The van der Waals surface area contributed by atoms with Crippen LogP contribution in [0.2, 0.25) is 0 Å². The number of anilines is 1. The summed E-state index contributed by atoms with van der Waals surface area (Å²) in [5.41, 5.74) is 6.89. The Morgan fingerprint density at radius 2 is 2.03 bits per heavy atom. The third kappa shape index (κ3) is 3.68. The molecule has 2 N–H and O–H groups in total. The summed E-state index contributed by atoms with van der Waals surface area (Å²) in [5, 5.41) is 9.42. The van der Waals surface area contributed by atoms with Gasteiger partial charge >= 0.3 is 0 Å². The van der Waals surface area contributed by atoms with Crippen LogP contribution in [-0.2, 0) is 20.1 Å². The van der Waals surface area contributed by atoms with Gasteiger partial charge in [-0.2, -0.15) is 5.26 Å². The molecule has 0 unspecified atom stereocenters. The van der Waals surface area contributed by atoms with E-state index in [0.717, 1.165) is 19.4 Å². The van der Waals surface area contributed by atoms with Crippen molar-refractivity contribution in [3.05, 3.63) is 56.1 Å². The second-order valence-electron chi connectivity index (χ2n) is 7.93. The van der Waals surface area contributed by atoms with E-state index in [2.05, 4.69) is 22.9 Å². The van der Waals surface area contributed by atoms with Crippen molar-refractivity contribution in [2.24, 2.45) is 12.8 Å². The van der Waals surface area contributed by atoms with Crippen LogP contribution in [-0.4, -0.2) is 38.0 Å². The van der Waals surface area contributed by atoms with Crippen molar-refractivity contribution in [1.82, 2.24) is 18.9 Å². The Labute approximate surface area is 185 Å². The molecule has 3 aromatic rings. The van der Waals surface area contributed by atoms with Gasteiger partial charge in [0, 0.05) is 26.2 Å². The average Bonchev–Trinajstić information content (AvgIpc) is 3.19. The van der Waals surface area contributed by atoms with Crippen LogP contribution in [0.5, 0.6) is 0 Å². The van der Waals surface area contributed by atoms with E-state index in [1.807, 2.05) is 4.90 Å². The van der Waals surface area contributed by atoms with Gasteiger partial charge < -0.3 is 10.6 Å². The fraction of sp³-hybridized carbons (Fsp3) is 0.391. The van der Waals surface area contributed by atoms with Crippen LogP contribution in [0.25, 0.3) is 11.0 Å². The minimum absolute atomic E-state index is 0.0104. The molecule has 32 heavy (non-hydrogen) atoms. The molecular formula is C23H25N7O2. The smallest absolute Gasteiger partial charge is 0.293 e. The second kappa shape index (κ2) is 8.74. The zero-order valence-electron chi connectivity index (χ0n) is 18.2. The van der Waals surface area contributed by atoms with Gasteiger partial charge in [0.2, 0.25) is 5.95 Å². The number of hydrogen-bond donors (Lipinski definition) is 1. The summed E-state index contributed by atoms with van der Waals surface area (Å²) in [5.74, 6) is 6.40. The predicted octanol–water partition coefficient (Wildman–Crippen LogP) is 0.767. The van der Waals surface area contributed by atoms with Gasteiger partial charge in [0.15, 0.2) is 5.52 Å². The lowest BCUT2D eigenvalue weighted by Gasteiger charge is -2.31. The zero-order chi connectivity index (χ0) is 22.8. The Morgan fingerprint density at radius 1 is 1.25 bits per heavy atom. The molecule has 9 nitrogen and oxygen atoms in total. The molecule has 4 rings (SSSR count). The number of nitrogens with zero attached hydrogens (tertiary/aromatic N) is 6. The molecule has 1 saturated heterocycles. The lowest BCUT2D eigenvalue weighted by molar-refractivity contribution is 0.495. The lowest BCUT2D eigenvalue weighted by atomic mass is 10.1. The van der Waals surface area contributed by atoms with Gasteiger partial charge in [0.05, 0.1) is 24.7 Å². The van der Waals surface area contributed by atoms with Crippen LogP contribution in [0, 0.1) is 23.2 Å². The number of rotatable bonds is 4. The van der Waals surface area contributed by atoms with E-state index in [1.165, 1.54) is 9.36 Å². The van der Waals surface area contributed by atoms with Crippen LogP contribution in [0.3, 0.4) is 0 Å². The molecule has 0 amide bonds. The Balaban J connectivity index is 1.94. The summed E-state index contributed by atoms with van der Waals surface area (Å²) in [6.45, 7) is 3.42. The summed E-state index contributed by atoms with van der Waals surface area (Å²) >= 11 is 0. The Hall–Kier alpha value is -3.82. The molecule has 1 atom stereocenters. The molecule has 3 heterocycles. The quantitative estimate of drug-likeness (QED) is 0.610. The molecule has 0 aliphatic carbocycles. The van der Waals surface area contributed by atoms with Crippen LogP contribution in [0.1, 0.15) is 30.9 Å². The van der Waals surface area contributed by atoms with E-state index in [9.17, 15) is 14.9 Å². The first-order valence-electron chi connectivity index (χ1n) is 10.5. The Kier molecular flexibility index (Phi) is 5.85. The maximum Gasteiger partial charge on any atom is 0.293 e. The molecule has 1 aromatic carbocycles. The first-order chi connectivity index (χ1) is 15.5. The van der Waals surface area contributed by atoms with E-state index in [4.69, 9.17) is 5.73 Å². The van der Waals surface area contributed by atoms with Crippen molar-refractivity contribution < 1.29 is 0 Å². The van der Waals surface area contributed by atoms with Crippen LogP contribution < -0.4 is 21.8 Å². The molecule has 0 bridgehead atoms. The predicted molar refractivity (Wildman–Crippen MR) is 122 cm³/mol. The first kappa shape index (κ1) is 21.4. The topological polar surface area (TPSA) is 115 Å². The standard InChI is InChI=1S/C23H25N7O2/c1-3-4-12-29-20-19(26-23(29)28-11-7-10-18(25)15-28)21(31)27(2)30(22(20)32)14-17-9-6-5-8-16(17)13-24/h5-6,8-9,18H,7,10-12,14-15,25H2,1-2H3/t18-/m1/s1. The zero-order valence-corrected chi connectivity index (χ0v) is 18.2. The van der Waals surface area contributed by atoms with Crippen molar-refractivity contribution in [2.45, 2.75) is 38.9 Å². The molecule has 2 aromatic heterocycles. The number of imidazole rings is 1. The van der Waals surface area contributed by atoms with Crippen LogP contribution in [0.4, 0.5) is 5.95 Å². The highest BCUT2D eigenvalue weighted by Crippen LogP contribution is 2.22. The molecule has 0 saturated carbocycles.